The second-order valence-corrected chi connectivity index (χ2v) is 4.27. The van der Waals surface area contributed by atoms with Crippen molar-refractivity contribution in [3.05, 3.63) is 28.8 Å². The standard InChI is InChI=1S/C14H21NO2/c1-10-8-12(9-11(2)14(10)17-4)13(16)6-5-7-15-3/h8-9,15H,5-7H2,1-4H3. The fourth-order valence-corrected chi connectivity index (χ4v) is 2.00. The number of aryl methyl sites for hydroxylation is 2. The maximum absolute atomic E-state index is 12.0. The van der Waals surface area contributed by atoms with Crippen molar-refractivity contribution < 1.29 is 9.53 Å². The van der Waals surface area contributed by atoms with Crippen molar-refractivity contribution in [3.63, 3.8) is 0 Å². The lowest BCUT2D eigenvalue weighted by Crippen LogP contribution is -2.10. The molecule has 0 fully saturated rings. The zero-order valence-corrected chi connectivity index (χ0v) is 11.1. The first-order chi connectivity index (χ1) is 8.10. The quantitative estimate of drug-likeness (QED) is 0.608. The normalized spacial score (nSPS) is 10.4. The zero-order chi connectivity index (χ0) is 12.8. The summed E-state index contributed by atoms with van der Waals surface area (Å²) in [7, 11) is 3.55. The summed E-state index contributed by atoms with van der Waals surface area (Å²) in [6.45, 7) is 4.81. The number of Topliss-reactive ketones (excluding diaryl/α,β-unsaturated/α-hetero) is 1. The Bertz CT molecular complexity index is 376. The largest absolute Gasteiger partial charge is 0.496 e. The number of benzene rings is 1. The van der Waals surface area contributed by atoms with E-state index in [0.29, 0.717) is 6.42 Å². The number of carbonyl (C=O) groups is 1. The van der Waals surface area contributed by atoms with E-state index in [9.17, 15) is 4.79 Å². The van der Waals surface area contributed by atoms with Crippen molar-refractivity contribution in [1.29, 1.82) is 0 Å². The Hall–Kier alpha value is -1.35. The molecule has 3 heteroatoms. The Morgan fingerprint density at radius 3 is 2.35 bits per heavy atom. The lowest BCUT2D eigenvalue weighted by molar-refractivity contribution is 0.0980. The van der Waals surface area contributed by atoms with E-state index in [4.69, 9.17) is 4.74 Å². The molecule has 0 spiro atoms. The van der Waals surface area contributed by atoms with Crippen molar-refractivity contribution in [2.75, 3.05) is 20.7 Å². The van der Waals surface area contributed by atoms with Crippen LogP contribution in [0.1, 0.15) is 34.3 Å². The van der Waals surface area contributed by atoms with E-state index in [1.807, 2.05) is 33.0 Å². The van der Waals surface area contributed by atoms with Crippen molar-refractivity contribution >= 4 is 5.78 Å². The molecular formula is C14H21NO2. The van der Waals surface area contributed by atoms with Gasteiger partial charge >= 0.3 is 0 Å². The third-order valence-electron chi connectivity index (χ3n) is 2.82. The molecule has 3 nitrogen and oxygen atoms in total. The van der Waals surface area contributed by atoms with Gasteiger partial charge in [-0.1, -0.05) is 0 Å². The molecule has 0 saturated heterocycles. The third-order valence-corrected chi connectivity index (χ3v) is 2.82. The Kier molecular flexibility index (Phi) is 5.16. The Morgan fingerprint density at radius 2 is 1.88 bits per heavy atom. The molecule has 0 amide bonds. The smallest absolute Gasteiger partial charge is 0.162 e. The van der Waals surface area contributed by atoms with E-state index in [0.717, 1.165) is 35.4 Å². The number of hydrogen-bond acceptors (Lipinski definition) is 3. The third kappa shape index (κ3) is 3.56. The molecule has 0 aliphatic rings. The molecule has 1 aromatic rings. The van der Waals surface area contributed by atoms with Crippen LogP contribution in [0.15, 0.2) is 12.1 Å². The summed E-state index contributed by atoms with van der Waals surface area (Å²) in [6, 6.07) is 3.82. The highest BCUT2D eigenvalue weighted by Gasteiger charge is 2.10. The van der Waals surface area contributed by atoms with Crippen LogP contribution in [0.3, 0.4) is 0 Å². The van der Waals surface area contributed by atoms with Gasteiger partial charge in [0.05, 0.1) is 7.11 Å². The SMILES string of the molecule is CNCCCC(=O)c1cc(C)c(OC)c(C)c1. The Balaban J connectivity index is 2.81. The highest BCUT2D eigenvalue weighted by molar-refractivity contribution is 5.96. The van der Waals surface area contributed by atoms with Gasteiger partial charge in [-0.3, -0.25) is 4.79 Å². The van der Waals surface area contributed by atoms with Gasteiger partial charge in [0.1, 0.15) is 5.75 Å². The minimum Gasteiger partial charge on any atom is -0.496 e. The summed E-state index contributed by atoms with van der Waals surface area (Å²) in [5.74, 6) is 1.07. The van der Waals surface area contributed by atoms with Crippen LogP contribution in [-0.2, 0) is 0 Å². The topological polar surface area (TPSA) is 38.3 Å². The second kappa shape index (κ2) is 6.40. The highest BCUT2D eigenvalue weighted by atomic mass is 16.5. The number of carbonyl (C=O) groups excluding carboxylic acids is 1. The first-order valence-electron chi connectivity index (χ1n) is 5.93. The highest BCUT2D eigenvalue weighted by Crippen LogP contribution is 2.24. The summed E-state index contributed by atoms with van der Waals surface area (Å²) in [5, 5.41) is 3.04. The van der Waals surface area contributed by atoms with Crippen LogP contribution in [0.4, 0.5) is 0 Å². The molecule has 0 aliphatic carbocycles. The fourth-order valence-electron chi connectivity index (χ4n) is 2.00. The molecule has 0 bridgehead atoms. The minimum absolute atomic E-state index is 0.203. The number of methoxy groups -OCH3 is 1. The summed E-state index contributed by atoms with van der Waals surface area (Å²) < 4.78 is 5.29. The predicted molar refractivity (Wildman–Crippen MR) is 70.0 cm³/mol. The van der Waals surface area contributed by atoms with E-state index >= 15 is 0 Å². The first kappa shape index (κ1) is 13.7. The van der Waals surface area contributed by atoms with Crippen molar-refractivity contribution in [2.45, 2.75) is 26.7 Å². The van der Waals surface area contributed by atoms with E-state index in [2.05, 4.69) is 5.32 Å². The zero-order valence-electron chi connectivity index (χ0n) is 11.1. The molecule has 0 saturated carbocycles. The van der Waals surface area contributed by atoms with Gasteiger partial charge in [0, 0.05) is 12.0 Å². The van der Waals surface area contributed by atoms with Crippen molar-refractivity contribution in [3.8, 4) is 5.75 Å². The van der Waals surface area contributed by atoms with E-state index in [-0.39, 0.29) is 5.78 Å². The molecule has 0 aliphatic heterocycles. The van der Waals surface area contributed by atoms with Gasteiger partial charge < -0.3 is 10.1 Å². The molecule has 17 heavy (non-hydrogen) atoms. The van der Waals surface area contributed by atoms with Crippen LogP contribution in [0.25, 0.3) is 0 Å². The Morgan fingerprint density at radius 1 is 1.29 bits per heavy atom. The molecule has 1 N–H and O–H groups in total. The molecular weight excluding hydrogens is 214 g/mol. The van der Waals surface area contributed by atoms with Crippen LogP contribution in [0, 0.1) is 13.8 Å². The molecule has 0 atom stereocenters. The number of rotatable bonds is 6. The van der Waals surface area contributed by atoms with Gasteiger partial charge in [-0.2, -0.15) is 0 Å². The van der Waals surface area contributed by atoms with Crippen LogP contribution in [-0.4, -0.2) is 26.5 Å². The molecule has 0 aromatic heterocycles. The molecule has 0 radical (unpaired) electrons. The van der Waals surface area contributed by atoms with Crippen molar-refractivity contribution in [2.24, 2.45) is 0 Å². The summed E-state index contributed by atoms with van der Waals surface area (Å²) in [6.07, 6.45) is 1.46. The monoisotopic (exact) mass is 235 g/mol. The average Bonchev–Trinajstić information content (AvgIpc) is 2.28. The number of ketones is 1. The van der Waals surface area contributed by atoms with Gasteiger partial charge in [0.25, 0.3) is 0 Å². The van der Waals surface area contributed by atoms with Crippen LogP contribution in [0.5, 0.6) is 5.75 Å². The predicted octanol–water partition coefficient (Wildman–Crippen LogP) is 2.49. The minimum atomic E-state index is 0.203. The maximum Gasteiger partial charge on any atom is 0.162 e. The molecule has 1 aromatic carbocycles. The van der Waals surface area contributed by atoms with Crippen LogP contribution >= 0.6 is 0 Å². The number of nitrogens with one attached hydrogen (secondary N) is 1. The summed E-state index contributed by atoms with van der Waals surface area (Å²) in [5.41, 5.74) is 2.82. The fraction of sp³-hybridized carbons (Fsp3) is 0.500. The van der Waals surface area contributed by atoms with E-state index < -0.39 is 0 Å². The van der Waals surface area contributed by atoms with Crippen LogP contribution < -0.4 is 10.1 Å². The van der Waals surface area contributed by atoms with Gasteiger partial charge in [-0.25, -0.2) is 0 Å². The second-order valence-electron chi connectivity index (χ2n) is 4.27. The van der Waals surface area contributed by atoms with E-state index in [1.54, 1.807) is 7.11 Å². The van der Waals surface area contributed by atoms with Crippen LogP contribution in [0.2, 0.25) is 0 Å². The van der Waals surface area contributed by atoms with Crippen molar-refractivity contribution in [1.82, 2.24) is 5.32 Å². The lowest BCUT2D eigenvalue weighted by Gasteiger charge is -2.10. The first-order valence-corrected chi connectivity index (χ1v) is 5.93. The average molecular weight is 235 g/mol. The number of hydrogen-bond donors (Lipinski definition) is 1. The summed E-state index contributed by atoms with van der Waals surface area (Å²) >= 11 is 0. The molecule has 1 rings (SSSR count). The van der Waals surface area contributed by atoms with Gasteiger partial charge in [-0.05, 0) is 57.1 Å². The Labute approximate surface area is 103 Å². The number of ether oxygens (including phenoxy) is 1. The van der Waals surface area contributed by atoms with Gasteiger partial charge in [0.2, 0.25) is 0 Å². The van der Waals surface area contributed by atoms with Gasteiger partial charge in [0.15, 0.2) is 5.78 Å². The molecule has 94 valence electrons. The summed E-state index contributed by atoms with van der Waals surface area (Å²) in [4.78, 5) is 12.0. The van der Waals surface area contributed by atoms with E-state index in [1.165, 1.54) is 0 Å². The molecule has 0 heterocycles. The molecule has 0 unspecified atom stereocenters. The van der Waals surface area contributed by atoms with Gasteiger partial charge in [-0.15, -0.1) is 0 Å². The lowest BCUT2D eigenvalue weighted by atomic mass is 10.0. The maximum atomic E-state index is 12.0.